The summed E-state index contributed by atoms with van der Waals surface area (Å²) in [6, 6.07) is 0.309. The van der Waals surface area contributed by atoms with E-state index in [1.807, 2.05) is 0 Å². The van der Waals surface area contributed by atoms with Crippen LogP contribution in [0.25, 0.3) is 0 Å². The van der Waals surface area contributed by atoms with Gasteiger partial charge in [-0.3, -0.25) is 4.90 Å². The molecule has 0 aromatic carbocycles. The van der Waals surface area contributed by atoms with E-state index in [4.69, 9.17) is 10.5 Å². The van der Waals surface area contributed by atoms with Gasteiger partial charge in [-0.25, -0.2) is 0 Å². The van der Waals surface area contributed by atoms with E-state index in [0.717, 1.165) is 19.1 Å². The molecule has 0 radical (unpaired) electrons. The van der Waals surface area contributed by atoms with Crippen LogP contribution in [-0.4, -0.2) is 68.3 Å². The molecule has 2 heterocycles. The fourth-order valence-electron chi connectivity index (χ4n) is 5.37. The predicted octanol–water partition coefficient (Wildman–Crippen LogP) is 3.34. The van der Waals surface area contributed by atoms with Gasteiger partial charge in [0.2, 0.25) is 0 Å². The lowest BCUT2D eigenvalue weighted by Crippen LogP contribution is -2.40. The van der Waals surface area contributed by atoms with Crippen LogP contribution in [0.2, 0.25) is 0 Å². The number of ether oxygens (including phenoxy) is 1. The highest BCUT2D eigenvalue weighted by Gasteiger charge is 2.27. The van der Waals surface area contributed by atoms with E-state index in [-0.39, 0.29) is 0 Å². The Morgan fingerprint density at radius 2 is 1.93 bits per heavy atom. The number of rotatable bonds is 5. The third-order valence-corrected chi connectivity index (χ3v) is 7.28. The summed E-state index contributed by atoms with van der Waals surface area (Å²) in [6.45, 7) is 6.91. The van der Waals surface area contributed by atoms with Gasteiger partial charge >= 0.3 is 0 Å². The molecule has 4 aliphatic rings. The topological polar surface area (TPSA) is 41.7 Å². The Morgan fingerprint density at radius 3 is 2.74 bits per heavy atom. The van der Waals surface area contributed by atoms with Crippen LogP contribution in [0.1, 0.15) is 57.8 Å². The van der Waals surface area contributed by atoms with Crippen LogP contribution < -0.4 is 5.73 Å². The number of nitrogens with two attached hydrogens (primary N) is 1. The fraction of sp³-hybridized carbons (Fsp3) is 0.826. The van der Waals surface area contributed by atoms with E-state index in [2.05, 4.69) is 22.9 Å². The van der Waals surface area contributed by atoms with Crippen LogP contribution in [0.15, 0.2) is 22.8 Å². The monoisotopic (exact) mass is 373 g/mol. The van der Waals surface area contributed by atoms with Gasteiger partial charge in [0.15, 0.2) is 0 Å². The summed E-state index contributed by atoms with van der Waals surface area (Å²) in [4.78, 5) is 5.08. The quantitative estimate of drug-likeness (QED) is 0.751. The predicted molar refractivity (Wildman–Crippen MR) is 112 cm³/mol. The summed E-state index contributed by atoms with van der Waals surface area (Å²) in [5, 5.41) is 0. The molecule has 1 saturated heterocycles. The Labute approximate surface area is 165 Å². The van der Waals surface area contributed by atoms with Gasteiger partial charge in [0.1, 0.15) is 0 Å². The number of likely N-dealkylation sites (tertiary alicyclic amines) is 1. The molecule has 0 bridgehead atoms. The van der Waals surface area contributed by atoms with Gasteiger partial charge in [-0.1, -0.05) is 17.2 Å². The second-order valence-electron chi connectivity index (χ2n) is 9.43. The lowest BCUT2D eigenvalue weighted by atomic mass is 9.85. The summed E-state index contributed by atoms with van der Waals surface area (Å²) in [5.41, 5.74) is 11.2. The largest absolute Gasteiger partial charge is 0.378 e. The van der Waals surface area contributed by atoms with Crippen LogP contribution in [-0.2, 0) is 4.74 Å². The highest BCUT2D eigenvalue weighted by atomic mass is 16.5. The van der Waals surface area contributed by atoms with Gasteiger partial charge in [-0.15, -0.1) is 0 Å². The van der Waals surface area contributed by atoms with Crippen LogP contribution in [0, 0.1) is 5.92 Å². The average Bonchev–Trinajstić information content (AvgIpc) is 2.69. The summed E-state index contributed by atoms with van der Waals surface area (Å²) in [7, 11) is 2.25. The number of hydrogen-bond acceptors (Lipinski definition) is 4. The molecule has 0 aromatic rings. The van der Waals surface area contributed by atoms with Crippen molar-refractivity contribution < 1.29 is 4.74 Å². The minimum atomic E-state index is 0.309. The second-order valence-corrected chi connectivity index (χ2v) is 9.43. The van der Waals surface area contributed by atoms with Gasteiger partial charge in [-0.2, -0.15) is 0 Å². The van der Waals surface area contributed by atoms with Crippen molar-refractivity contribution in [2.45, 2.75) is 69.9 Å². The number of hydrogen-bond donors (Lipinski definition) is 1. The minimum Gasteiger partial charge on any atom is -0.378 e. The van der Waals surface area contributed by atoms with E-state index in [1.54, 1.807) is 11.1 Å². The zero-order valence-electron chi connectivity index (χ0n) is 17.3. The van der Waals surface area contributed by atoms with E-state index < -0.39 is 0 Å². The van der Waals surface area contributed by atoms with Crippen molar-refractivity contribution in [2.75, 3.05) is 46.4 Å². The maximum Gasteiger partial charge on any atom is 0.0616 e. The first-order valence-corrected chi connectivity index (χ1v) is 11.3. The molecule has 0 aromatic heterocycles. The molecule has 4 heteroatoms. The minimum absolute atomic E-state index is 0.309. The molecular formula is C23H39N3O. The van der Waals surface area contributed by atoms with Crippen LogP contribution in [0.3, 0.4) is 0 Å². The van der Waals surface area contributed by atoms with Gasteiger partial charge in [-0.05, 0) is 89.4 Å². The lowest BCUT2D eigenvalue weighted by molar-refractivity contribution is 0.00516. The zero-order chi connectivity index (χ0) is 18.6. The molecule has 2 aliphatic heterocycles. The molecule has 2 aliphatic carbocycles. The van der Waals surface area contributed by atoms with Gasteiger partial charge in [0.05, 0.1) is 6.10 Å². The smallest absolute Gasteiger partial charge is 0.0616 e. The zero-order valence-corrected chi connectivity index (χ0v) is 17.3. The molecule has 27 heavy (non-hydrogen) atoms. The van der Waals surface area contributed by atoms with Crippen LogP contribution in [0.5, 0.6) is 0 Å². The summed E-state index contributed by atoms with van der Waals surface area (Å²) >= 11 is 0. The summed E-state index contributed by atoms with van der Waals surface area (Å²) in [5.74, 6) is 0.750. The fourth-order valence-corrected chi connectivity index (χ4v) is 5.37. The van der Waals surface area contributed by atoms with Crippen molar-refractivity contribution >= 4 is 0 Å². The van der Waals surface area contributed by atoms with Crippen molar-refractivity contribution in [3.63, 3.8) is 0 Å². The maximum absolute atomic E-state index is 6.41. The third-order valence-electron chi connectivity index (χ3n) is 7.28. The first kappa shape index (κ1) is 19.6. The van der Waals surface area contributed by atoms with Crippen molar-refractivity contribution in [1.82, 2.24) is 9.80 Å². The van der Waals surface area contributed by atoms with Gasteiger partial charge in [0, 0.05) is 32.3 Å². The molecule has 2 unspecified atom stereocenters. The standard InChI is InChI=1S/C23H39N3O/c1-25-11-10-19-6-7-22(14-21(19)15-25)27-17-18-8-12-26(13-9-18)16-20-4-2-3-5-23(20)24/h4,18,22-23H,2-3,5-17,24H2,1H3. The molecule has 4 rings (SSSR count). The highest BCUT2D eigenvalue weighted by molar-refractivity contribution is 5.22. The van der Waals surface area contributed by atoms with Gasteiger partial charge < -0.3 is 15.4 Å². The molecular weight excluding hydrogens is 334 g/mol. The van der Waals surface area contributed by atoms with E-state index in [0.29, 0.717) is 12.1 Å². The van der Waals surface area contributed by atoms with Crippen LogP contribution >= 0.6 is 0 Å². The first-order valence-electron chi connectivity index (χ1n) is 11.3. The van der Waals surface area contributed by atoms with E-state index in [9.17, 15) is 0 Å². The Hall–Kier alpha value is -0.680. The molecule has 2 N–H and O–H groups in total. The molecule has 4 nitrogen and oxygen atoms in total. The van der Waals surface area contributed by atoms with Crippen molar-refractivity contribution in [2.24, 2.45) is 11.7 Å². The Morgan fingerprint density at radius 1 is 1.07 bits per heavy atom. The summed E-state index contributed by atoms with van der Waals surface area (Å²) < 4.78 is 6.41. The Bertz CT molecular complexity index is 562. The van der Waals surface area contributed by atoms with Crippen molar-refractivity contribution in [3.8, 4) is 0 Å². The number of allylic oxidation sites excluding steroid dienone is 1. The second kappa shape index (κ2) is 9.21. The SMILES string of the molecule is CN1CCC2=C(CC(OCC3CCN(CC4=CCCCC4N)CC3)CC2)C1. The Balaban J connectivity index is 1.17. The van der Waals surface area contributed by atoms with Crippen molar-refractivity contribution in [1.29, 1.82) is 0 Å². The normalized spacial score (nSPS) is 31.7. The third kappa shape index (κ3) is 5.23. The maximum atomic E-state index is 6.41. The van der Waals surface area contributed by atoms with Gasteiger partial charge in [0.25, 0.3) is 0 Å². The molecule has 152 valence electrons. The molecule has 0 spiro atoms. The van der Waals surface area contributed by atoms with E-state index >= 15 is 0 Å². The van der Waals surface area contributed by atoms with Crippen molar-refractivity contribution in [3.05, 3.63) is 22.8 Å². The molecule has 1 fully saturated rings. The average molecular weight is 374 g/mol. The molecule has 2 atom stereocenters. The Kier molecular flexibility index (Phi) is 6.70. The number of nitrogens with zero attached hydrogens (tertiary/aromatic N) is 2. The first-order chi connectivity index (χ1) is 13.2. The molecule has 0 amide bonds. The van der Waals surface area contributed by atoms with Crippen LogP contribution in [0.4, 0.5) is 0 Å². The van der Waals surface area contributed by atoms with E-state index in [1.165, 1.54) is 89.5 Å². The summed E-state index contributed by atoms with van der Waals surface area (Å²) in [6.07, 6.45) is 14.1. The number of piperidine rings is 1. The lowest BCUT2D eigenvalue weighted by Gasteiger charge is -2.36. The highest BCUT2D eigenvalue weighted by Crippen LogP contribution is 2.33. The molecule has 0 saturated carbocycles. The number of likely N-dealkylation sites (N-methyl/N-ethyl adjacent to an activating group) is 1.